The number of urea groups is 1. The van der Waals surface area contributed by atoms with Gasteiger partial charge in [0.05, 0.1) is 6.61 Å². The molecule has 1 aromatic rings. The molecule has 17 heavy (non-hydrogen) atoms. The maximum Gasteiger partial charge on any atom is 0.315 e. The molecule has 1 rings (SSSR count). The van der Waals surface area contributed by atoms with Crippen LogP contribution in [0.15, 0.2) is 18.3 Å². The Morgan fingerprint density at radius 1 is 1.53 bits per heavy atom. The van der Waals surface area contributed by atoms with E-state index in [9.17, 15) is 4.79 Å². The van der Waals surface area contributed by atoms with E-state index < -0.39 is 0 Å². The second-order valence-electron chi connectivity index (χ2n) is 3.88. The molecule has 5 nitrogen and oxygen atoms in total. The van der Waals surface area contributed by atoms with Crippen molar-refractivity contribution in [2.45, 2.75) is 33.4 Å². The van der Waals surface area contributed by atoms with Crippen molar-refractivity contribution in [3.05, 3.63) is 23.9 Å². The predicted molar refractivity (Wildman–Crippen MR) is 65.9 cm³/mol. The smallest absolute Gasteiger partial charge is 0.315 e. The summed E-state index contributed by atoms with van der Waals surface area (Å²) in [5.41, 5.74) is 0.869. The molecule has 0 bridgehead atoms. The van der Waals surface area contributed by atoms with Gasteiger partial charge >= 0.3 is 6.03 Å². The average Bonchev–Trinajstić information content (AvgIpc) is 2.27. The van der Waals surface area contributed by atoms with Crippen LogP contribution in [0.1, 0.15) is 26.3 Å². The van der Waals surface area contributed by atoms with Crippen molar-refractivity contribution in [1.82, 2.24) is 15.6 Å². The van der Waals surface area contributed by atoms with Gasteiger partial charge in [-0.3, -0.25) is 0 Å². The van der Waals surface area contributed by atoms with E-state index in [0.29, 0.717) is 19.0 Å². The Bertz CT molecular complexity index is 367. The first-order chi connectivity index (χ1) is 8.13. The van der Waals surface area contributed by atoms with Gasteiger partial charge in [0.1, 0.15) is 0 Å². The van der Waals surface area contributed by atoms with E-state index >= 15 is 0 Å². The van der Waals surface area contributed by atoms with Crippen molar-refractivity contribution in [3.8, 4) is 5.88 Å². The number of hydrogen-bond donors (Lipinski definition) is 2. The number of ether oxygens (including phenoxy) is 1. The molecule has 0 aliphatic rings. The highest BCUT2D eigenvalue weighted by molar-refractivity contribution is 5.74. The largest absolute Gasteiger partial charge is 0.478 e. The predicted octanol–water partition coefficient (Wildman–Crippen LogP) is 1.69. The normalized spacial score (nSPS) is 10.1. The molecular formula is C12H19N3O2. The van der Waals surface area contributed by atoms with Gasteiger partial charge in [0.15, 0.2) is 0 Å². The third-order valence-corrected chi connectivity index (χ3v) is 1.99. The fraction of sp³-hybridized carbons (Fsp3) is 0.500. The van der Waals surface area contributed by atoms with Crippen LogP contribution in [0.5, 0.6) is 5.88 Å². The first kappa shape index (κ1) is 13.3. The van der Waals surface area contributed by atoms with E-state index in [1.54, 1.807) is 6.20 Å². The number of carbonyl (C=O) groups is 1. The monoisotopic (exact) mass is 237 g/mol. The summed E-state index contributed by atoms with van der Waals surface area (Å²) in [5, 5.41) is 5.51. The van der Waals surface area contributed by atoms with Gasteiger partial charge in [-0.15, -0.1) is 0 Å². The van der Waals surface area contributed by atoms with Crippen LogP contribution < -0.4 is 15.4 Å². The number of pyridine rings is 1. The van der Waals surface area contributed by atoms with E-state index in [0.717, 1.165) is 5.56 Å². The molecule has 0 atom stereocenters. The van der Waals surface area contributed by atoms with Crippen LogP contribution in [0.4, 0.5) is 4.79 Å². The minimum absolute atomic E-state index is 0.121. The maximum absolute atomic E-state index is 11.4. The van der Waals surface area contributed by atoms with Crippen molar-refractivity contribution >= 4 is 6.03 Å². The Balaban J connectivity index is 2.53. The molecule has 0 radical (unpaired) electrons. The minimum atomic E-state index is -0.189. The van der Waals surface area contributed by atoms with Crippen LogP contribution in [-0.4, -0.2) is 23.7 Å². The van der Waals surface area contributed by atoms with E-state index in [1.165, 1.54) is 0 Å². The maximum atomic E-state index is 11.4. The lowest BCUT2D eigenvalue weighted by Gasteiger charge is -2.12. The zero-order valence-electron chi connectivity index (χ0n) is 10.5. The summed E-state index contributed by atoms with van der Waals surface area (Å²) in [6.07, 6.45) is 1.67. The highest BCUT2D eigenvalue weighted by atomic mass is 16.5. The number of hydrogen-bond acceptors (Lipinski definition) is 3. The molecule has 0 saturated carbocycles. The minimum Gasteiger partial charge on any atom is -0.478 e. The Morgan fingerprint density at radius 3 is 2.94 bits per heavy atom. The van der Waals surface area contributed by atoms with Crippen molar-refractivity contribution in [3.63, 3.8) is 0 Å². The standard InChI is InChI=1S/C12H19N3O2/c1-4-17-11-10(6-5-7-13-11)8-14-12(16)15-9(2)3/h5-7,9H,4,8H2,1-3H3,(H2,14,15,16). The van der Waals surface area contributed by atoms with E-state index in [4.69, 9.17) is 4.74 Å². The molecule has 5 heteroatoms. The lowest BCUT2D eigenvalue weighted by molar-refractivity contribution is 0.238. The zero-order chi connectivity index (χ0) is 12.7. The number of carbonyl (C=O) groups excluding carboxylic acids is 1. The van der Waals surface area contributed by atoms with Gasteiger partial charge in [-0.1, -0.05) is 6.07 Å². The first-order valence-corrected chi connectivity index (χ1v) is 5.74. The number of nitrogens with zero attached hydrogens (tertiary/aromatic N) is 1. The molecule has 2 N–H and O–H groups in total. The van der Waals surface area contributed by atoms with Gasteiger partial charge in [0.2, 0.25) is 5.88 Å². The molecule has 2 amide bonds. The summed E-state index contributed by atoms with van der Waals surface area (Å²) in [4.78, 5) is 15.5. The number of aromatic nitrogens is 1. The van der Waals surface area contributed by atoms with E-state index in [-0.39, 0.29) is 12.1 Å². The first-order valence-electron chi connectivity index (χ1n) is 5.74. The molecule has 0 saturated heterocycles. The highest BCUT2D eigenvalue weighted by Crippen LogP contribution is 2.13. The lowest BCUT2D eigenvalue weighted by Crippen LogP contribution is -2.39. The molecule has 0 spiro atoms. The van der Waals surface area contributed by atoms with Gasteiger partial charge < -0.3 is 15.4 Å². The van der Waals surface area contributed by atoms with E-state index in [1.807, 2.05) is 32.9 Å². The summed E-state index contributed by atoms with van der Waals surface area (Å²) in [7, 11) is 0. The number of nitrogens with one attached hydrogen (secondary N) is 2. The summed E-state index contributed by atoms with van der Waals surface area (Å²) in [5.74, 6) is 0.569. The summed E-state index contributed by atoms with van der Waals surface area (Å²) in [6, 6.07) is 3.63. The van der Waals surface area contributed by atoms with Gasteiger partial charge in [0, 0.05) is 24.3 Å². The highest BCUT2D eigenvalue weighted by Gasteiger charge is 2.06. The van der Waals surface area contributed by atoms with Crippen molar-refractivity contribution < 1.29 is 9.53 Å². The van der Waals surface area contributed by atoms with Crippen LogP contribution >= 0.6 is 0 Å². The Kier molecular flexibility index (Phi) is 5.26. The van der Waals surface area contributed by atoms with Gasteiger partial charge in [-0.2, -0.15) is 0 Å². The molecule has 0 unspecified atom stereocenters. The van der Waals surface area contributed by atoms with Crippen LogP contribution in [0.3, 0.4) is 0 Å². The Labute approximate surface area is 102 Å². The van der Waals surface area contributed by atoms with Crippen molar-refractivity contribution in [2.24, 2.45) is 0 Å². The molecule has 1 aromatic heterocycles. The summed E-state index contributed by atoms with van der Waals surface area (Å²) in [6.45, 7) is 6.69. The Hall–Kier alpha value is -1.78. The fourth-order valence-electron chi connectivity index (χ4n) is 1.31. The molecule has 0 aromatic carbocycles. The molecule has 1 heterocycles. The zero-order valence-corrected chi connectivity index (χ0v) is 10.5. The van der Waals surface area contributed by atoms with Gasteiger partial charge in [0.25, 0.3) is 0 Å². The number of rotatable bonds is 5. The SMILES string of the molecule is CCOc1ncccc1CNC(=O)NC(C)C. The topological polar surface area (TPSA) is 63.2 Å². The van der Waals surface area contributed by atoms with Crippen LogP contribution in [0.2, 0.25) is 0 Å². The third-order valence-electron chi connectivity index (χ3n) is 1.99. The van der Waals surface area contributed by atoms with Gasteiger partial charge in [-0.25, -0.2) is 9.78 Å². The lowest BCUT2D eigenvalue weighted by atomic mass is 10.2. The third kappa shape index (κ3) is 4.72. The second kappa shape index (κ2) is 6.73. The van der Waals surface area contributed by atoms with Gasteiger partial charge in [-0.05, 0) is 26.8 Å². The molecule has 0 aliphatic carbocycles. The number of amides is 2. The van der Waals surface area contributed by atoms with Crippen molar-refractivity contribution in [1.29, 1.82) is 0 Å². The Morgan fingerprint density at radius 2 is 2.29 bits per heavy atom. The molecule has 94 valence electrons. The fourth-order valence-corrected chi connectivity index (χ4v) is 1.31. The van der Waals surface area contributed by atoms with Crippen LogP contribution in [0.25, 0.3) is 0 Å². The average molecular weight is 237 g/mol. The van der Waals surface area contributed by atoms with Crippen molar-refractivity contribution in [2.75, 3.05) is 6.61 Å². The van der Waals surface area contributed by atoms with Crippen LogP contribution in [-0.2, 0) is 6.54 Å². The molecule has 0 fully saturated rings. The summed E-state index contributed by atoms with van der Waals surface area (Å²) < 4.78 is 5.37. The molecular weight excluding hydrogens is 218 g/mol. The molecule has 0 aliphatic heterocycles. The second-order valence-corrected chi connectivity index (χ2v) is 3.88. The van der Waals surface area contributed by atoms with E-state index in [2.05, 4.69) is 15.6 Å². The quantitative estimate of drug-likeness (QED) is 0.819. The van der Waals surface area contributed by atoms with Crippen LogP contribution in [0, 0.1) is 0 Å². The summed E-state index contributed by atoms with van der Waals surface area (Å²) >= 11 is 0.